The highest BCUT2D eigenvalue weighted by Crippen LogP contribution is 2.27. The zero-order valence-corrected chi connectivity index (χ0v) is 14.0. The fourth-order valence-corrected chi connectivity index (χ4v) is 2.60. The molecule has 0 fully saturated rings. The van der Waals surface area contributed by atoms with Crippen LogP contribution in [0.4, 0.5) is 0 Å². The Morgan fingerprint density at radius 3 is 2.19 bits per heavy atom. The van der Waals surface area contributed by atoms with E-state index >= 15 is 0 Å². The molecule has 5 heteroatoms. The van der Waals surface area contributed by atoms with Crippen LogP contribution < -0.4 is 0 Å². The van der Waals surface area contributed by atoms with Gasteiger partial charge in [-0.15, -0.1) is 10.2 Å². The Morgan fingerprint density at radius 2 is 1.57 bits per heavy atom. The summed E-state index contributed by atoms with van der Waals surface area (Å²) >= 11 is 0. The predicted molar refractivity (Wildman–Crippen MR) is 84.9 cm³/mol. The average molecular weight is 296 g/mol. The van der Waals surface area contributed by atoms with Crippen LogP contribution in [0.3, 0.4) is 0 Å². The van der Waals surface area contributed by atoms with Crippen LogP contribution in [0.5, 0.6) is 0 Å². The first kappa shape index (κ1) is 18.1. The number of H-pyrrole nitrogens is 1. The molecule has 1 rings (SSSR count). The molecule has 0 radical (unpaired) electrons. The summed E-state index contributed by atoms with van der Waals surface area (Å²) in [4.78, 5) is 0. The minimum Gasteiger partial charge on any atom is -0.367 e. The van der Waals surface area contributed by atoms with E-state index in [0.717, 1.165) is 12.8 Å². The number of ether oxygens (including phenoxy) is 1. The van der Waals surface area contributed by atoms with Crippen molar-refractivity contribution in [2.45, 2.75) is 97.2 Å². The minimum absolute atomic E-state index is 0.0536. The molecule has 0 spiro atoms. The van der Waals surface area contributed by atoms with Crippen LogP contribution in [0, 0.1) is 0 Å². The fraction of sp³-hybridized carbons (Fsp3) is 0.938. The molecule has 1 unspecified atom stereocenters. The van der Waals surface area contributed by atoms with Gasteiger partial charge in [0.1, 0.15) is 6.61 Å². The Kier molecular flexibility index (Phi) is 9.22. The molecular formula is C16H32N4O. The molecule has 1 aromatic heterocycles. The Labute approximate surface area is 129 Å². The Bertz CT molecular complexity index is 342. The molecule has 0 saturated heterocycles. The molecule has 21 heavy (non-hydrogen) atoms. The topological polar surface area (TPSA) is 63.7 Å². The zero-order valence-electron chi connectivity index (χ0n) is 14.0. The van der Waals surface area contributed by atoms with E-state index in [9.17, 15) is 0 Å². The monoisotopic (exact) mass is 296 g/mol. The van der Waals surface area contributed by atoms with Crippen molar-refractivity contribution in [2.24, 2.45) is 0 Å². The first-order valence-corrected chi connectivity index (χ1v) is 8.56. The van der Waals surface area contributed by atoms with Crippen molar-refractivity contribution in [1.29, 1.82) is 0 Å². The normalized spacial score (nSPS) is 14.2. The van der Waals surface area contributed by atoms with Gasteiger partial charge in [0.15, 0.2) is 5.82 Å². The number of rotatable bonds is 13. The number of aromatic amines is 1. The molecule has 0 amide bonds. The van der Waals surface area contributed by atoms with E-state index in [2.05, 4.69) is 41.4 Å². The fourth-order valence-electron chi connectivity index (χ4n) is 2.60. The van der Waals surface area contributed by atoms with E-state index in [-0.39, 0.29) is 5.60 Å². The second-order valence-electron chi connectivity index (χ2n) is 6.19. The highest BCUT2D eigenvalue weighted by molar-refractivity contribution is 4.79. The first-order chi connectivity index (χ1) is 10.2. The van der Waals surface area contributed by atoms with Gasteiger partial charge in [0, 0.05) is 0 Å². The Hall–Kier alpha value is -0.970. The lowest BCUT2D eigenvalue weighted by Crippen LogP contribution is -2.29. The van der Waals surface area contributed by atoms with Gasteiger partial charge in [0.25, 0.3) is 0 Å². The largest absolute Gasteiger partial charge is 0.367 e. The molecule has 122 valence electrons. The van der Waals surface area contributed by atoms with Crippen molar-refractivity contribution in [3.8, 4) is 0 Å². The highest BCUT2D eigenvalue weighted by Gasteiger charge is 2.24. The highest BCUT2D eigenvalue weighted by atomic mass is 16.5. The van der Waals surface area contributed by atoms with Crippen LogP contribution >= 0.6 is 0 Å². The molecule has 1 N–H and O–H groups in total. The molecule has 0 saturated carbocycles. The van der Waals surface area contributed by atoms with Gasteiger partial charge < -0.3 is 4.74 Å². The summed E-state index contributed by atoms with van der Waals surface area (Å²) in [6, 6.07) is 0. The lowest BCUT2D eigenvalue weighted by Gasteiger charge is -2.30. The molecule has 5 nitrogen and oxygen atoms in total. The number of nitrogens with one attached hydrogen (secondary N) is 1. The zero-order chi connectivity index (χ0) is 15.4. The van der Waals surface area contributed by atoms with Gasteiger partial charge in [0.05, 0.1) is 5.60 Å². The molecule has 1 heterocycles. The number of hydrogen-bond donors (Lipinski definition) is 1. The molecular weight excluding hydrogens is 264 g/mol. The van der Waals surface area contributed by atoms with Crippen LogP contribution in [0.25, 0.3) is 0 Å². The van der Waals surface area contributed by atoms with Crippen LogP contribution in [-0.2, 0) is 11.3 Å². The second kappa shape index (κ2) is 10.7. The maximum atomic E-state index is 6.14. The first-order valence-electron chi connectivity index (χ1n) is 8.56. The number of nitrogens with zero attached hydrogens (tertiary/aromatic N) is 3. The van der Waals surface area contributed by atoms with E-state index in [4.69, 9.17) is 4.74 Å². The minimum atomic E-state index is -0.0536. The smallest absolute Gasteiger partial charge is 0.200 e. The molecule has 1 atom stereocenters. The van der Waals surface area contributed by atoms with E-state index < -0.39 is 0 Å². The van der Waals surface area contributed by atoms with Crippen molar-refractivity contribution < 1.29 is 4.74 Å². The lowest BCUT2D eigenvalue weighted by atomic mass is 9.91. The summed E-state index contributed by atoms with van der Waals surface area (Å²) in [6.07, 6.45) is 12.5. The SMILES string of the molecule is CCCCCCCC(C)(CCCCC)OCc1nn[nH]n1. The Balaban J connectivity index is 2.36. The molecule has 0 aliphatic rings. The van der Waals surface area contributed by atoms with Crippen molar-refractivity contribution in [1.82, 2.24) is 20.6 Å². The average Bonchev–Trinajstić information content (AvgIpc) is 2.99. The van der Waals surface area contributed by atoms with Crippen LogP contribution in [0.15, 0.2) is 0 Å². The third-order valence-corrected chi connectivity index (χ3v) is 4.06. The summed E-state index contributed by atoms with van der Waals surface area (Å²) in [6.45, 7) is 7.18. The van der Waals surface area contributed by atoms with Gasteiger partial charge in [0.2, 0.25) is 0 Å². The van der Waals surface area contributed by atoms with E-state index in [1.54, 1.807) is 0 Å². The predicted octanol–water partition coefficient (Wildman–Crippen LogP) is 4.42. The number of unbranched alkanes of at least 4 members (excludes halogenated alkanes) is 6. The van der Waals surface area contributed by atoms with Gasteiger partial charge in [-0.2, -0.15) is 5.21 Å². The van der Waals surface area contributed by atoms with Gasteiger partial charge >= 0.3 is 0 Å². The van der Waals surface area contributed by atoms with E-state index in [0.29, 0.717) is 12.4 Å². The summed E-state index contributed by atoms with van der Waals surface area (Å²) in [7, 11) is 0. The van der Waals surface area contributed by atoms with Crippen LogP contribution in [0.2, 0.25) is 0 Å². The molecule has 0 aliphatic carbocycles. The summed E-state index contributed by atoms with van der Waals surface area (Å²) in [5, 5.41) is 14.0. The van der Waals surface area contributed by atoms with Gasteiger partial charge in [-0.1, -0.05) is 70.4 Å². The second-order valence-corrected chi connectivity index (χ2v) is 6.19. The summed E-state index contributed by atoms with van der Waals surface area (Å²) in [5.41, 5.74) is -0.0536. The van der Waals surface area contributed by atoms with Crippen LogP contribution in [0.1, 0.15) is 90.8 Å². The molecule has 1 aromatic rings. The Morgan fingerprint density at radius 1 is 0.952 bits per heavy atom. The lowest BCUT2D eigenvalue weighted by molar-refractivity contribution is -0.0601. The quantitative estimate of drug-likeness (QED) is 0.547. The van der Waals surface area contributed by atoms with Crippen LogP contribution in [-0.4, -0.2) is 26.2 Å². The third kappa shape index (κ3) is 8.15. The van der Waals surface area contributed by atoms with Gasteiger partial charge in [-0.05, 0) is 19.8 Å². The van der Waals surface area contributed by atoms with Crippen molar-refractivity contribution in [3.05, 3.63) is 5.82 Å². The standard InChI is InChI=1S/C16H32N4O/c1-4-6-8-9-11-13-16(3,12-10-7-5-2)21-14-15-17-19-20-18-15/h4-14H2,1-3H3,(H,17,18,19,20). The molecule has 0 aliphatic heterocycles. The van der Waals surface area contributed by atoms with E-state index in [1.165, 1.54) is 51.4 Å². The van der Waals surface area contributed by atoms with Crippen molar-refractivity contribution in [3.63, 3.8) is 0 Å². The molecule has 0 bridgehead atoms. The maximum Gasteiger partial charge on any atom is 0.200 e. The van der Waals surface area contributed by atoms with E-state index in [1.807, 2.05) is 0 Å². The summed E-state index contributed by atoms with van der Waals surface area (Å²) in [5.74, 6) is 0.641. The van der Waals surface area contributed by atoms with Crippen molar-refractivity contribution in [2.75, 3.05) is 0 Å². The van der Waals surface area contributed by atoms with Crippen molar-refractivity contribution >= 4 is 0 Å². The van der Waals surface area contributed by atoms with Gasteiger partial charge in [-0.3, -0.25) is 0 Å². The van der Waals surface area contributed by atoms with Gasteiger partial charge in [-0.25, -0.2) is 0 Å². The number of aromatic nitrogens is 4. The maximum absolute atomic E-state index is 6.14. The summed E-state index contributed by atoms with van der Waals surface area (Å²) < 4.78 is 6.14. The third-order valence-electron chi connectivity index (χ3n) is 4.06. The number of tetrazole rings is 1. The number of hydrogen-bond acceptors (Lipinski definition) is 4. The molecule has 0 aromatic carbocycles.